The van der Waals surface area contributed by atoms with Crippen molar-refractivity contribution < 1.29 is 5.11 Å². The molecule has 0 spiro atoms. The van der Waals surface area contributed by atoms with Gasteiger partial charge in [0.15, 0.2) is 0 Å². The first-order chi connectivity index (χ1) is 4.86. The van der Waals surface area contributed by atoms with Gasteiger partial charge in [-0.2, -0.15) is 0 Å². The molecule has 1 atom stereocenters. The predicted octanol–water partition coefficient (Wildman–Crippen LogP) is 0.811. The summed E-state index contributed by atoms with van der Waals surface area (Å²) >= 11 is 0. The third-order valence-electron chi connectivity index (χ3n) is 2.55. The molecule has 0 bridgehead atoms. The summed E-state index contributed by atoms with van der Waals surface area (Å²) in [7, 11) is 0. The molecule has 0 amide bonds. The number of aliphatic hydroxyl groups excluding tert-OH is 1. The average Bonchev–Trinajstić information content (AvgIpc) is 2.43. The molecule has 1 aliphatic carbocycles. The van der Waals surface area contributed by atoms with Crippen LogP contribution >= 0.6 is 0 Å². The average molecular weight is 141 g/mol. The van der Waals surface area contributed by atoms with Crippen molar-refractivity contribution in [2.45, 2.75) is 31.9 Å². The van der Waals surface area contributed by atoms with Gasteiger partial charge in [-0.1, -0.05) is 12.8 Å². The van der Waals surface area contributed by atoms with Crippen LogP contribution in [-0.2, 0) is 0 Å². The van der Waals surface area contributed by atoms with Crippen molar-refractivity contribution in [2.24, 2.45) is 5.92 Å². The topological polar surface area (TPSA) is 23.5 Å². The van der Waals surface area contributed by atoms with Crippen molar-refractivity contribution in [3.05, 3.63) is 0 Å². The van der Waals surface area contributed by atoms with Crippen molar-refractivity contribution >= 4 is 0 Å². The van der Waals surface area contributed by atoms with E-state index in [1.54, 1.807) is 0 Å². The molecule has 0 aromatic carbocycles. The molecule has 1 saturated heterocycles. The molecule has 2 aliphatic rings. The SMILES string of the molecule is OC(CC1CC1)N1CCC1. The zero-order valence-corrected chi connectivity index (χ0v) is 6.29. The van der Waals surface area contributed by atoms with E-state index in [0.29, 0.717) is 0 Å². The second-order valence-electron chi connectivity index (χ2n) is 3.55. The molecular weight excluding hydrogens is 126 g/mol. The summed E-state index contributed by atoms with van der Waals surface area (Å²) in [6.07, 6.45) is 4.90. The Kier molecular flexibility index (Phi) is 1.66. The quantitative estimate of drug-likeness (QED) is 0.628. The normalized spacial score (nSPS) is 29.7. The standard InChI is InChI=1S/C8H15NO/c10-8(6-7-2-3-7)9-4-1-5-9/h7-8,10H,1-6H2. The summed E-state index contributed by atoms with van der Waals surface area (Å²) in [6.45, 7) is 2.24. The Bertz CT molecular complexity index is 118. The molecule has 1 unspecified atom stereocenters. The highest BCUT2D eigenvalue weighted by atomic mass is 16.3. The van der Waals surface area contributed by atoms with Gasteiger partial charge in [0.05, 0.1) is 0 Å². The van der Waals surface area contributed by atoms with E-state index in [0.717, 1.165) is 25.4 Å². The Morgan fingerprint density at radius 2 is 2.10 bits per heavy atom. The zero-order chi connectivity index (χ0) is 6.97. The Labute approximate surface area is 61.8 Å². The van der Waals surface area contributed by atoms with Gasteiger partial charge in [0.25, 0.3) is 0 Å². The number of rotatable bonds is 3. The molecular formula is C8H15NO. The molecule has 0 radical (unpaired) electrons. The maximum absolute atomic E-state index is 9.51. The van der Waals surface area contributed by atoms with Crippen LogP contribution in [0.2, 0.25) is 0 Å². The second kappa shape index (κ2) is 2.51. The highest BCUT2D eigenvalue weighted by Gasteiger charge is 2.29. The number of nitrogens with zero attached hydrogens (tertiary/aromatic N) is 1. The summed E-state index contributed by atoms with van der Waals surface area (Å²) < 4.78 is 0. The van der Waals surface area contributed by atoms with E-state index in [9.17, 15) is 5.11 Å². The molecule has 58 valence electrons. The maximum atomic E-state index is 9.51. The highest BCUT2D eigenvalue weighted by molar-refractivity contribution is 4.79. The van der Waals surface area contributed by atoms with Crippen LogP contribution in [0, 0.1) is 5.92 Å². The Hall–Kier alpha value is -0.0800. The van der Waals surface area contributed by atoms with Gasteiger partial charge in [-0.25, -0.2) is 0 Å². The van der Waals surface area contributed by atoms with Crippen LogP contribution in [0.1, 0.15) is 25.7 Å². The first-order valence-electron chi connectivity index (χ1n) is 4.28. The first-order valence-corrected chi connectivity index (χ1v) is 4.28. The molecule has 0 aromatic rings. The fourth-order valence-corrected chi connectivity index (χ4v) is 1.44. The van der Waals surface area contributed by atoms with Crippen LogP contribution in [0.4, 0.5) is 0 Å². The lowest BCUT2D eigenvalue weighted by Gasteiger charge is -2.35. The zero-order valence-electron chi connectivity index (χ0n) is 6.29. The molecule has 0 aromatic heterocycles. The fraction of sp³-hybridized carbons (Fsp3) is 1.00. The van der Waals surface area contributed by atoms with Crippen LogP contribution in [0.3, 0.4) is 0 Å². The predicted molar refractivity (Wildman–Crippen MR) is 39.5 cm³/mol. The molecule has 1 heterocycles. The third kappa shape index (κ3) is 1.32. The van der Waals surface area contributed by atoms with E-state index in [4.69, 9.17) is 0 Å². The lowest BCUT2D eigenvalue weighted by atomic mass is 10.1. The van der Waals surface area contributed by atoms with Crippen LogP contribution in [0.15, 0.2) is 0 Å². The van der Waals surface area contributed by atoms with Crippen molar-refractivity contribution in [2.75, 3.05) is 13.1 Å². The Morgan fingerprint density at radius 3 is 2.50 bits per heavy atom. The maximum Gasteiger partial charge on any atom is 0.107 e. The smallest absolute Gasteiger partial charge is 0.107 e. The van der Waals surface area contributed by atoms with Gasteiger partial charge in [0, 0.05) is 13.1 Å². The van der Waals surface area contributed by atoms with Crippen molar-refractivity contribution in [3.8, 4) is 0 Å². The number of hydrogen-bond donors (Lipinski definition) is 1. The van der Waals surface area contributed by atoms with E-state index in [2.05, 4.69) is 4.90 Å². The highest BCUT2D eigenvalue weighted by Crippen LogP contribution is 2.34. The Morgan fingerprint density at radius 1 is 1.40 bits per heavy atom. The van der Waals surface area contributed by atoms with E-state index in [-0.39, 0.29) is 6.23 Å². The van der Waals surface area contributed by atoms with Gasteiger partial charge in [-0.15, -0.1) is 0 Å². The summed E-state index contributed by atoms with van der Waals surface area (Å²) in [6, 6.07) is 0. The number of hydrogen-bond acceptors (Lipinski definition) is 2. The van der Waals surface area contributed by atoms with Gasteiger partial charge in [-0.05, 0) is 18.8 Å². The first kappa shape index (κ1) is 6.62. The molecule has 2 rings (SSSR count). The molecule has 1 aliphatic heterocycles. The van der Waals surface area contributed by atoms with E-state index in [1.165, 1.54) is 19.3 Å². The van der Waals surface area contributed by atoms with E-state index >= 15 is 0 Å². The lowest BCUT2D eigenvalue weighted by Crippen LogP contribution is -2.45. The van der Waals surface area contributed by atoms with Crippen molar-refractivity contribution in [1.82, 2.24) is 4.90 Å². The fourth-order valence-electron chi connectivity index (χ4n) is 1.44. The molecule has 1 saturated carbocycles. The van der Waals surface area contributed by atoms with Gasteiger partial charge in [0.2, 0.25) is 0 Å². The third-order valence-corrected chi connectivity index (χ3v) is 2.55. The summed E-state index contributed by atoms with van der Waals surface area (Å²) in [5.41, 5.74) is 0. The number of likely N-dealkylation sites (tertiary alicyclic amines) is 1. The molecule has 10 heavy (non-hydrogen) atoms. The van der Waals surface area contributed by atoms with Gasteiger partial charge in [0.1, 0.15) is 6.23 Å². The van der Waals surface area contributed by atoms with E-state index in [1.807, 2.05) is 0 Å². The minimum atomic E-state index is -0.110. The van der Waals surface area contributed by atoms with Crippen molar-refractivity contribution in [3.63, 3.8) is 0 Å². The summed E-state index contributed by atoms with van der Waals surface area (Å²) in [4.78, 5) is 2.16. The van der Waals surface area contributed by atoms with Gasteiger partial charge in [-0.3, -0.25) is 4.90 Å². The van der Waals surface area contributed by atoms with Crippen LogP contribution in [0.25, 0.3) is 0 Å². The molecule has 1 N–H and O–H groups in total. The van der Waals surface area contributed by atoms with Crippen molar-refractivity contribution in [1.29, 1.82) is 0 Å². The van der Waals surface area contributed by atoms with E-state index < -0.39 is 0 Å². The van der Waals surface area contributed by atoms with Gasteiger partial charge >= 0.3 is 0 Å². The largest absolute Gasteiger partial charge is 0.378 e. The molecule has 2 nitrogen and oxygen atoms in total. The van der Waals surface area contributed by atoms with Crippen LogP contribution in [-0.4, -0.2) is 29.3 Å². The summed E-state index contributed by atoms with van der Waals surface area (Å²) in [5, 5.41) is 9.51. The van der Waals surface area contributed by atoms with Gasteiger partial charge < -0.3 is 5.11 Å². The monoisotopic (exact) mass is 141 g/mol. The minimum absolute atomic E-state index is 0.110. The van der Waals surface area contributed by atoms with Crippen LogP contribution in [0.5, 0.6) is 0 Å². The summed E-state index contributed by atoms with van der Waals surface area (Å²) in [5.74, 6) is 0.857. The second-order valence-corrected chi connectivity index (χ2v) is 3.55. The number of aliphatic hydroxyl groups is 1. The lowest BCUT2D eigenvalue weighted by molar-refractivity contribution is -0.0421. The molecule has 2 fully saturated rings. The molecule has 2 heteroatoms. The van der Waals surface area contributed by atoms with Crippen LogP contribution < -0.4 is 0 Å². The minimum Gasteiger partial charge on any atom is -0.378 e. The Balaban J connectivity index is 1.69.